The van der Waals surface area contributed by atoms with Gasteiger partial charge in [-0.3, -0.25) is 9.13 Å². The van der Waals surface area contributed by atoms with Crippen LogP contribution in [-0.2, 0) is 20.2 Å². The van der Waals surface area contributed by atoms with Crippen LogP contribution in [-0.4, -0.2) is 37.7 Å². The van der Waals surface area contributed by atoms with Gasteiger partial charge in [-0.25, -0.2) is 19.9 Å². The number of nitrogen functional groups attached to an aromatic ring is 1. The molecule has 0 spiro atoms. The number of thiazole rings is 1. The van der Waals surface area contributed by atoms with Crippen LogP contribution in [0.1, 0.15) is 13.8 Å². The summed E-state index contributed by atoms with van der Waals surface area (Å²) in [7, 11) is -3.32. The number of fused-ring (bicyclic) bond motifs is 2. The van der Waals surface area contributed by atoms with Crippen molar-refractivity contribution < 1.29 is 13.6 Å². The van der Waals surface area contributed by atoms with E-state index in [1.54, 1.807) is 19.9 Å². The van der Waals surface area contributed by atoms with Gasteiger partial charge in [0.1, 0.15) is 6.33 Å². The maximum Gasteiger partial charge on any atom is 0.353 e. The summed E-state index contributed by atoms with van der Waals surface area (Å²) >= 11 is 9.15. The second-order valence-corrected chi connectivity index (χ2v) is 10.9. The molecule has 0 aliphatic carbocycles. The fourth-order valence-electron chi connectivity index (χ4n) is 2.96. The van der Waals surface area contributed by atoms with Crippen molar-refractivity contribution in [1.29, 1.82) is 0 Å². The molecule has 0 atom stereocenters. The molecule has 0 aliphatic rings. The van der Waals surface area contributed by atoms with Crippen molar-refractivity contribution in [2.75, 3.05) is 18.9 Å². The lowest BCUT2D eigenvalue weighted by Gasteiger charge is -2.12. The van der Waals surface area contributed by atoms with E-state index >= 15 is 0 Å². The molecule has 4 rings (SSSR count). The van der Waals surface area contributed by atoms with Gasteiger partial charge < -0.3 is 14.8 Å². The number of nitrogens with zero attached hydrogens (tertiary/aromatic N) is 5. The Bertz CT molecular complexity index is 1330. The Balaban J connectivity index is 1.70. The predicted octanol–water partition coefficient (Wildman–Crippen LogP) is 5.60. The molecule has 3 aromatic heterocycles. The smallest absolute Gasteiger partial charge is 0.353 e. The molecule has 4 aromatic rings. The SMILES string of the molecule is CCOP(=O)(/C=C/Cn1c(Sc2nc3cccc(Cl)c3s2)nc2c(N)ncnc21)OCC. The van der Waals surface area contributed by atoms with E-state index in [0.717, 1.165) is 14.6 Å². The number of hydrogen-bond acceptors (Lipinski definition) is 10. The quantitative estimate of drug-likeness (QED) is 0.287. The lowest BCUT2D eigenvalue weighted by atomic mass is 10.3. The summed E-state index contributed by atoms with van der Waals surface area (Å²) in [5.74, 6) is 1.74. The molecular formula is C19H20ClN6O3PS2. The zero-order chi connectivity index (χ0) is 22.7. The van der Waals surface area contributed by atoms with Crippen molar-refractivity contribution in [2.45, 2.75) is 29.9 Å². The molecule has 0 saturated carbocycles. The third-order valence-corrected chi connectivity index (χ3v) is 8.64. The molecule has 0 aliphatic heterocycles. The van der Waals surface area contributed by atoms with E-state index in [1.807, 2.05) is 22.8 Å². The first kappa shape index (κ1) is 23.2. The van der Waals surface area contributed by atoms with Crippen molar-refractivity contribution in [3.8, 4) is 0 Å². The van der Waals surface area contributed by atoms with Crippen molar-refractivity contribution in [2.24, 2.45) is 0 Å². The van der Waals surface area contributed by atoms with Crippen molar-refractivity contribution in [1.82, 2.24) is 24.5 Å². The monoisotopic (exact) mass is 510 g/mol. The van der Waals surface area contributed by atoms with Gasteiger partial charge in [-0.2, -0.15) is 0 Å². The first-order chi connectivity index (χ1) is 15.4. The number of nitrogens with two attached hydrogens (primary N) is 1. The Morgan fingerprint density at radius 1 is 1.25 bits per heavy atom. The third kappa shape index (κ3) is 4.83. The number of anilines is 1. The largest absolute Gasteiger partial charge is 0.382 e. The van der Waals surface area contributed by atoms with Crippen molar-refractivity contribution >= 4 is 69.5 Å². The molecule has 0 saturated heterocycles. The van der Waals surface area contributed by atoms with Crippen LogP contribution in [0.25, 0.3) is 21.4 Å². The second kappa shape index (κ2) is 9.86. The van der Waals surface area contributed by atoms with Gasteiger partial charge in [0.25, 0.3) is 0 Å². The van der Waals surface area contributed by atoms with Gasteiger partial charge in [-0.05, 0) is 37.7 Å². The molecule has 13 heteroatoms. The first-order valence-corrected chi connectivity index (χ1v) is 13.3. The highest BCUT2D eigenvalue weighted by molar-refractivity contribution is 8.01. The summed E-state index contributed by atoms with van der Waals surface area (Å²) in [6.45, 7) is 4.41. The molecule has 9 nitrogen and oxygen atoms in total. The highest BCUT2D eigenvalue weighted by Crippen LogP contribution is 2.49. The second-order valence-electron chi connectivity index (χ2n) is 6.37. The molecule has 0 bridgehead atoms. The van der Waals surface area contributed by atoms with E-state index in [-0.39, 0.29) is 19.0 Å². The lowest BCUT2D eigenvalue weighted by Crippen LogP contribution is -2.00. The number of allylic oxidation sites excluding steroid dienone is 1. The fraction of sp³-hybridized carbons (Fsp3) is 0.263. The summed E-state index contributed by atoms with van der Waals surface area (Å²) in [4.78, 5) is 17.6. The minimum absolute atomic E-state index is 0.278. The summed E-state index contributed by atoms with van der Waals surface area (Å²) in [5.41, 5.74) is 7.89. The summed E-state index contributed by atoms with van der Waals surface area (Å²) < 4.78 is 26.9. The molecule has 2 N–H and O–H groups in total. The van der Waals surface area contributed by atoms with Crippen molar-refractivity contribution in [3.05, 3.63) is 41.4 Å². The Morgan fingerprint density at radius 2 is 2.03 bits per heavy atom. The Labute approximate surface area is 197 Å². The van der Waals surface area contributed by atoms with Gasteiger partial charge in [0.05, 0.1) is 28.5 Å². The highest BCUT2D eigenvalue weighted by atomic mass is 35.5. The normalized spacial score (nSPS) is 12.5. The Morgan fingerprint density at radius 3 is 2.75 bits per heavy atom. The summed E-state index contributed by atoms with van der Waals surface area (Å²) in [5, 5.41) is 1.27. The number of aromatic nitrogens is 5. The van der Waals surface area contributed by atoms with E-state index in [1.165, 1.54) is 35.2 Å². The lowest BCUT2D eigenvalue weighted by molar-refractivity contribution is 0.229. The number of benzene rings is 1. The molecule has 0 radical (unpaired) electrons. The van der Waals surface area contributed by atoms with Crippen LogP contribution in [0.15, 0.2) is 45.9 Å². The molecule has 1 aromatic carbocycles. The van der Waals surface area contributed by atoms with Crippen LogP contribution in [0.4, 0.5) is 5.82 Å². The average molecular weight is 511 g/mol. The van der Waals surface area contributed by atoms with E-state index in [0.29, 0.717) is 27.9 Å². The minimum atomic E-state index is -3.32. The van der Waals surface area contributed by atoms with E-state index < -0.39 is 7.60 Å². The third-order valence-electron chi connectivity index (χ3n) is 4.25. The first-order valence-electron chi connectivity index (χ1n) is 9.70. The van der Waals surface area contributed by atoms with E-state index in [9.17, 15) is 4.57 Å². The Kier molecular flexibility index (Phi) is 7.14. The minimum Gasteiger partial charge on any atom is -0.382 e. The van der Waals surface area contributed by atoms with E-state index in [2.05, 4.69) is 19.9 Å². The average Bonchev–Trinajstić information content (AvgIpc) is 3.32. The Hall–Kier alpha value is -2.01. The topological polar surface area (TPSA) is 118 Å². The van der Waals surface area contributed by atoms with Crippen LogP contribution in [0, 0.1) is 0 Å². The van der Waals surface area contributed by atoms with Crippen LogP contribution < -0.4 is 5.73 Å². The number of hydrogen-bond donors (Lipinski definition) is 1. The molecule has 0 unspecified atom stereocenters. The van der Waals surface area contributed by atoms with Crippen LogP contribution in [0.5, 0.6) is 0 Å². The maximum absolute atomic E-state index is 12.7. The number of halogens is 1. The molecule has 0 fully saturated rings. The van der Waals surface area contributed by atoms with Gasteiger partial charge in [0.15, 0.2) is 26.5 Å². The van der Waals surface area contributed by atoms with Gasteiger partial charge in [0.2, 0.25) is 0 Å². The fourth-order valence-corrected chi connectivity index (χ4v) is 6.61. The van der Waals surface area contributed by atoms with Crippen LogP contribution in [0.3, 0.4) is 0 Å². The summed E-state index contributed by atoms with van der Waals surface area (Å²) in [6, 6.07) is 5.61. The molecule has 168 valence electrons. The van der Waals surface area contributed by atoms with E-state index in [4.69, 9.17) is 26.4 Å². The molecular weight excluding hydrogens is 491 g/mol. The number of imidazole rings is 1. The number of rotatable bonds is 9. The molecule has 32 heavy (non-hydrogen) atoms. The van der Waals surface area contributed by atoms with Crippen molar-refractivity contribution in [3.63, 3.8) is 0 Å². The van der Waals surface area contributed by atoms with Crippen LogP contribution >= 0.6 is 42.3 Å². The van der Waals surface area contributed by atoms with Crippen LogP contribution in [0.2, 0.25) is 5.02 Å². The van der Waals surface area contributed by atoms with Gasteiger partial charge >= 0.3 is 7.60 Å². The van der Waals surface area contributed by atoms with Gasteiger partial charge in [-0.1, -0.05) is 23.7 Å². The maximum atomic E-state index is 12.7. The standard InChI is InChI=1S/C19H20ClN6O3PS2/c1-3-28-30(27,29-4-2)10-6-9-26-17-14(16(21)22-11-23-17)25-18(26)32-19-24-13-8-5-7-12(20)15(13)31-19/h5-8,10-11H,3-4,9H2,1-2H3,(H2,21,22,23)/b10-6+. The molecule has 0 amide bonds. The molecule has 3 heterocycles. The highest BCUT2D eigenvalue weighted by Gasteiger charge is 2.20. The van der Waals surface area contributed by atoms with Gasteiger partial charge in [-0.15, -0.1) is 11.3 Å². The predicted molar refractivity (Wildman–Crippen MR) is 128 cm³/mol. The zero-order valence-corrected chi connectivity index (χ0v) is 20.5. The zero-order valence-electron chi connectivity index (χ0n) is 17.3. The van der Waals surface area contributed by atoms with Gasteiger partial charge in [0, 0.05) is 12.4 Å². The summed E-state index contributed by atoms with van der Waals surface area (Å²) in [6.07, 6.45) is 3.10.